The molecular weight excluding hydrogens is 242 g/mol. The number of hydrogen-bond donors (Lipinski definition) is 1. The van der Waals surface area contributed by atoms with Gasteiger partial charge in [0.1, 0.15) is 5.65 Å². The third-order valence-electron chi connectivity index (χ3n) is 2.86. The molecular formula is C14H11N3O2. The van der Waals surface area contributed by atoms with Gasteiger partial charge >= 0.3 is 5.97 Å². The Morgan fingerprint density at radius 1 is 1.26 bits per heavy atom. The number of aliphatic carboxylic acids is 1. The molecule has 1 N–H and O–H groups in total. The molecule has 0 aliphatic rings. The maximum atomic E-state index is 10.7. The summed E-state index contributed by atoms with van der Waals surface area (Å²) in [4.78, 5) is 19.1. The Morgan fingerprint density at radius 3 is 3.00 bits per heavy atom. The molecule has 0 aliphatic heterocycles. The van der Waals surface area contributed by atoms with Crippen LogP contribution in [0, 0.1) is 0 Å². The maximum Gasteiger partial charge on any atom is 0.309 e. The van der Waals surface area contributed by atoms with Crippen molar-refractivity contribution in [2.75, 3.05) is 0 Å². The Kier molecular flexibility index (Phi) is 2.72. The first-order chi connectivity index (χ1) is 9.24. The highest BCUT2D eigenvalue weighted by atomic mass is 16.4. The van der Waals surface area contributed by atoms with Crippen LogP contribution in [-0.2, 0) is 11.2 Å². The highest BCUT2D eigenvalue weighted by Crippen LogP contribution is 2.20. The Hall–Kier alpha value is -2.69. The average molecular weight is 253 g/mol. The minimum absolute atomic E-state index is 0.0788. The normalized spacial score (nSPS) is 10.7. The minimum atomic E-state index is -0.886. The smallest absolute Gasteiger partial charge is 0.309 e. The van der Waals surface area contributed by atoms with Crippen LogP contribution < -0.4 is 0 Å². The summed E-state index contributed by atoms with van der Waals surface area (Å²) in [5, 5.41) is 8.80. The number of fused-ring (bicyclic) bond motifs is 1. The van der Waals surface area contributed by atoms with E-state index in [0.29, 0.717) is 5.69 Å². The van der Waals surface area contributed by atoms with Crippen molar-refractivity contribution >= 4 is 11.6 Å². The van der Waals surface area contributed by atoms with Gasteiger partial charge in [-0.25, -0.2) is 4.98 Å². The lowest BCUT2D eigenvalue weighted by atomic mass is 10.1. The van der Waals surface area contributed by atoms with Gasteiger partial charge in [-0.2, -0.15) is 0 Å². The van der Waals surface area contributed by atoms with Crippen LogP contribution in [0.5, 0.6) is 0 Å². The summed E-state index contributed by atoms with van der Waals surface area (Å²) in [6.45, 7) is 0. The van der Waals surface area contributed by atoms with E-state index in [0.717, 1.165) is 16.9 Å². The molecule has 0 amide bonds. The van der Waals surface area contributed by atoms with Gasteiger partial charge in [0.15, 0.2) is 0 Å². The molecule has 19 heavy (non-hydrogen) atoms. The second-order valence-corrected chi connectivity index (χ2v) is 4.18. The minimum Gasteiger partial charge on any atom is -0.481 e. The molecule has 5 heteroatoms. The average Bonchev–Trinajstić information content (AvgIpc) is 2.82. The molecule has 0 saturated carbocycles. The molecule has 0 radical (unpaired) electrons. The van der Waals surface area contributed by atoms with Crippen LogP contribution in [0.2, 0.25) is 0 Å². The Balaban J connectivity index is 2.09. The molecule has 0 aliphatic carbocycles. The van der Waals surface area contributed by atoms with Gasteiger partial charge in [-0.1, -0.05) is 6.07 Å². The van der Waals surface area contributed by atoms with E-state index in [-0.39, 0.29) is 6.42 Å². The Bertz CT molecular complexity index is 749. The highest BCUT2D eigenvalue weighted by Gasteiger charge is 2.08. The topological polar surface area (TPSA) is 67.5 Å². The van der Waals surface area contributed by atoms with E-state index in [2.05, 4.69) is 9.97 Å². The van der Waals surface area contributed by atoms with Crippen LogP contribution in [0.1, 0.15) is 5.69 Å². The third kappa shape index (κ3) is 2.18. The molecule has 0 fully saturated rings. The summed E-state index contributed by atoms with van der Waals surface area (Å²) in [6, 6.07) is 9.40. The van der Waals surface area contributed by atoms with Crippen LogP contribution in [0.25, 0.3) is 16.9 Å². The van der Waals surface area contributed by atoms with Gasteiger partial charge in [-0.3, -0.25) is 14.2 Å². The first kappa shape index (κ1) is 11.4. The van der Waals surface area contributed by atoms with E-state index < -0.39 is 5.97 Å². The van der Waals surface area contributed by atoms with Crippen molar-refractivity contribution in [3.8, 4) is 11.3 Å². The zero-order valence-electron chi connectivity index (χ0n) is 10.0. The molecule has 0 aromatic carbocycles. The molecule has 0 atom stereocenters. The largest absolute Gasteiger partial charge is 0.481 e. The lowest BCUT2D eigenvalue weighted by molar-refractivity contribution is -0.136. The maximum absolute atomic E-state index is 10.7. The SMILES string of the molecule is O=C(O)Cc1cc(-c2cnc3ccccn23)ccn1. The second-order valence-electron chi connectivity index (χ2n) is 4.18. The fourth-order valence-electron chi connectivity index (χ4n) is 2.04. The molecule has 0 unspecified atom stereocenters. The lowest BCUT2D eigenvalue weighted by Crippen LogP contribution is -2.02. The molecule has 3 aromatic rings. The summed E-state index contributed by atoms with van der Waals surface area (Å²) in [7, 11) is 0. The van der Waals surface area contributed by atoms with Crippen molar-refractivity contribution < 1.29 is 9.90 Å². The number of carboxylic acid groups (broad SMARTS) is 1. The first-order valence-corrected chi connectivity index (χ1v) is 5.83. The number of hydrogen-bond acceptors (Lipinski definition) is 3. The van der Waals surface area contributed by atoms with Gasteiger partial charge in [0.2, 0.25) is 0 Å². The highest BCUT2D eigenvalue weighted by molar-refractivity contribution is 5.71. The van der Waals surface area contributed by atoms with Crippen LogP contribution >= 0.6 is 0 Å². The van der Waals surface area contributed by atoms with Gasteiger partial charge in [0.25, 0.3) is 0 Å². The van der Waals surface area contributed by atoms with Crippen LogP contribution in [-0.4, -0.2) is 25.4 Å². The quantitative estimate of drug-likeness (QED) is 0.775. The Labute approximate surface area is 109 Å². The zero-order valence-corrected chi connectivity index (χ0v) is 10.0. The predicted octanol–water partition coefficient (Wildman–Crippen LogP) is 2.02. The summed E-state index contributed by atoms with van der Waals surface area (Å²) in [6.07, 6.45) is 5.24. The molecule has 0 saturated heterocycles. The number of pyridine rings is 2. The molecule has 3 aromatic heterocycles. The third-order valence-corrected chi connectivity index (χ3v) is 2.86. The molecule has 3 rings (SSSR count). The van der Waals surface area contributed by atoms with Crippen molar-refractivity contribution in [2.24, 2.45) is 0 Å². The van der Waals surface area contributed by atoms with Gasteiger partial charge < -0.3 is 5.11 Å². The van der Waals surface area contributed by atoms with Gasteiger partial charge in [0.05, 0.1) is 24.0 Å². The Morgan fingerprint density at radius 2 is 2.16 bits per heavy atom. The van der Waals surface area contributed by atoms with Crippen molar-refractivity contribution in [1.82, 2.24) is 14.4 Å². The van der Waals surface area contributed by atoms with Gasteiger partial charge in [-0.15, -0.1) is 0 Å². The van der Waals surface area contributed by atoms with E-state index >= 15 is 0 Å². The summed E-state index contributed by atoms with van der Waals surface area (Å²) in [5.74, 6) is -0.886. The lowest BCUT2D eigenvalue weighted by Gasteiger charge is -2.03. The molecule has 5 nitrogen and oxygen atoms in total. The van der Waals surface area contributed by atoms with E-state index in [1.165, 1.54) is 0 Å². The molecule has 3 heterocycles. The van der Waals surface area contributed by atoms with Crippen LogP contribution in [0.4, 0.5) is 0 Å². The molecule has 94 valence electrons. The fraction of sp³-hybridized carbons (Fsp3) is 0.0714. The number of carbonyl (C=O) groups is 1. The van der Waals surface area contributed by atoms with Crippen molar-refractivity contribution in [1.29, 1.82) is 0 Å². The summed E-state index contributed by atoms with van der Waals surface area (Å²) < 4.78 is 1.96. The summed E-state index contributed by atoms with van der Waals surface area (Å²) in [5.41, 5.74) is 3.22. The number of aromatic nitrogens is 3. The second kappa shape index (κ2) is 4.53. The van der Waals surface area contributed by atoms with Crippen molar-refractivity contribution in [3.05, 3.63) is 54.6 Å². The number of imidazole rings is 1. The van der Waals surface area contributed by atoms with Crippen LogP contribution in [0.3, 0.4) is 0 Å². The van der Waals surface area contributed by atoms with Crippen molar-refractivity contribution in [2.45, 2.75) is 6.42 Å². The van der Waals surface area contributed by atoms with Crippen LogP contribution in [0.15, 0.2) is 48.9 Å². The monoisotopic (exact) mass is 253 g/mol. The fourth-order valence-corrected chi connectivity index (χ4v) is 2.04. The summed E-state index contributed by atoms with van der Waals surface area (Å²) >= 11 is 0. The molecule has 0 spiro atoms. The number of carboxylic acids is 1. The predicted molar refractivity (Wildman–Crippen MR) is 69.8 cm³/mol. The first-order valence-electron chi connectivity index (χ1n) is 5.83. The van der Waals surface area contributed by atoms with Gasteiger partial charge in [0, 0.05) is 18.0 Å². The van der Waals surface area contributed by atoms with E-state index in [4.69, 9.17) is 5.11 Å². The zero-order chi connectivity index (χ0) is 13.2. The van der Waals surface area contributed by atoms with E-state index in [1.807, 2.05) is 34.9 Å². The standard InChI is InChI=1S/C14H11N3O2/c18-14(19)8-11-7-10(4-5-15-11)12-9-16-13-3-1-2-6-17(12)13/h1-7,9H,8H2,(H,18,19). The van der Waals surface area contributed by atoms with Gasteiger partial charge in [-0.05, 0) is 24.3 Å². The number of nitrogens with zero attached hydrogens (tertiary/aromatic N) is 3. The molecule has 0 bridgehead atoms. The van der Waals surface area contributed by atoms with E-state index in [9.17, 15) is 4.79 Å². The van der Waals surface area contributed by atoms with E-state index in [1.54, 1.807) is 18.5 Å². The van der Waals surface area contributed by atoms with Crippen molar-refractivity contribution in [3.63, 3.8) is 0 Å². The number of rotatable bonds is 3.